The summed E-state index contributed by atoms with van der Waals surface area (Å²) in [6, 6.07) is 10.6. The number of carbonyl (C=O) groups excluding carboxylic acids is 1. The topological polar surface area (TPSA) is 63.0 Å². The van der Waals surface area contributed by atoms with Crippen LogP contribution in [0, 0.1) is 18.3 Å². The van der Waals surface area contributed by atoms with E-state index in [2.05, 4.69) is 11.1 Å². The molecule has 1 aromatic heterocycles. The first-order valence-corrected chi connectivity index (χ1v) is 6.79. The molecule has 2 aromatic rings. The lowest BCUT2D eigenvalue weighted by molar-refractivity contribution is 0.0525. The predicted octanol–water partition coefficient (Wildman–Crippen LogP) is 3.76. The van der Waals surface area contributed by atoms with E-state index in [-0.39, 0.29) is 6.61 Å². The Morgan fingerprint density at radius 1 is 1.38 bits per heavy atom. The van der Waals surface area contributed by atoms with Gasteiger partial charge < -0.3 is 4.74 Å². The molecule has 0 saturated carbocycles. The number of benzene rings is 1. The normalized spacial score (nSPS) is 10.0. The molecule has 0 amide bonds. The van der Waals surface area contributed by atoms with Crippen LogP contribution < -0.4 is 0 Å². The number of nitriles is 1. The van der Waals surface area contributed by atoms with Gasteiger partial charge in [-0.3, -0.25) is 4.98 Å². The molecule has 0 aliphatic carbocycles. The summed E-state index contributed by atoms with van der Waals surface area (Å²) in [5.74, 6) is -0.471. The fourth-order valence-electron chi connectivity index (χ4n) is 1.93. The molecule has 1 aromatic carbocycles. The Bertz CT molecular complexity index is 718. The molecule has 0 N–H and O–H groups in total. The Kier molecular flexibility index (Phi) is 4.56. The zero-order valence-electron chi connectivity index (χ0n) is 11.7. The van der Waals surface area contributed by atoms with Crippen molar-refractivity contribution in [1.82, 2.24) is 4.98 Å². The number of nitrogens with zero attached hydrogens (tertiary/aromatic N) is 2. The van der Waals surface area contributed by atoms with Crippen LogP contribution in [0.5, 0.6) is 0 Å². The number of pyridine rings is 1. The lowest BCUT2D eigenvalue weighted by Gasteiger charge is -2.09. The smallest absolute Gasteiger partial charge is 0.340 e. The highest BCUT2D eigenvalue weighted by Crippen LogP contribution is 2.25. The third-order valence-corrected chi connectivity index (χ3v) is 3.20. The highest BCUT2D eigenvalue weighted by atomic mass is 35.5. The van der Waals surface area contributed by atoms with Crippen LogP contribution in [-0.4, -0.2) is 17.6 Å². The molecule has 4 nitrogen and oxygen atoms in total. The number of aromatic nitrogens is 1. The Labute approximate surface area is 128 Å². The van der Waals surface area contributed by atoms with Gasteiger partial charge >= 0.3 is 5.97 Å². The predicted molar refractivity (Wildman–Crippen MR) is 80.1 cm³/mol. The number of halogens is 1. The van der Waals surface area contributed by atoms with Gasteiger partial charge in [-0.25, -0.2) is 4.79 Å². The minimum Gasteiger partial charge on any atom is -0.462 e. The second-order valence-electron chi connectivity index (χ2n) is 4.36. The summed E-state index contributed by atoms with van der Waals surface area (Å²) in [5.41, 5.74) is 2.46. The van der Waals surface area contributed by atoms with E-state index in [0.29, 0.717) is 27.5 Å². The molecule has 21 heavy (non-hydrogen) atoms. The molecular weight excluding hydrogens is 288 g/mol. The van der Waals surface area contributed by atoms with Crippen molar-refractivity contribution >= 4 is 17.6 Å². The Balaban J connectivity index is 2.54. The van der Waals surface area contributed by atoms with Crippen molar-refractivity contribution in [1.29, 1.82) is 5.26 Å². The number of ether oxygens (including phenoxy) is 1. The maximum atomic E-state index is 11.8. The Hall–Kier alpha value is -2.38. The Morgan fingerprint density at radius 2 is 2.05 bits per heavy atom. The zero-order chi connectivity index (χ0) is 15.4. The molecule has 0 unspecified atom stereocenters. The van der Waals surface area contributed by atoms with Crippen molar-refractivity contribution in [3.05, 3.63) is 52.2 Å². The summed E-state index contributed by atoms with van der Waals surface area (Å²) < 4.78 is 4.96. The number of rotatable bonds is 3. The summed E-state index contributed by atoms with van der Waals surface area (Å²) in [4.78, 5) is 16.2. The summed E-state index contributed by atoms with van der Waals surface area (Å²) in [7, 11) is 0. The monoisotopic (exact) mass is 300 g/mol. The standard InChI is InChI=1S/C16H13ClN2O2/c1-3-21-16(20)14-8-12(9-18)15(19-10(14)2)11-4-6-13(17)7-5-11/h4-8H,3H2,1-2H3. The van der Waals surface area contributed by atoms with Gasteiger partial charge in [0.05, 0.1) is 29.1 Å². The fraction of sp³-hybridized carbons (Fsp3) is 0.188. The lowest BCUT2D eigenvalue weighted by Crippen LogP contribution is -2.09. The second-order valence-corrected chi connectivity index (χ2v) is 4.79. The molecule has 106 valence electrons. The maximum absolute atomic E-state index is 11.8. The fourth-order valence-corrected chi connectivity index (χ4v) is 2.06. The van der Waals surface area contributed by atoms with Crippen LogP contribution in [0.15, 0.2) is 30.3 Å². The summed E-state index contributed by atoms with van der Waals surface area (Å²) in [5, 5.41) is 9.90. The first-order valence-electron chi connectivity index (χ1n) is 6.41. The van der Waals surface area contributed by atoms with Crippen molar-refractivity contribution in [2.24, 2.45) is 0 Å². The molecule has 0 spiro atoms. The van der Waals surface area contributed by atoms with Gasteiger partial charge in [-0.1, -0.05) is 23.7 Å². The van der Waals surface area contributed by atoms with E-state index in [4.69, 9.17) is 16.3 Å². The van der Waals surface area contributed by atoms with Crippen LogP contribution in [-0.2, 0) is 4.74 Å². The van der Waals surface area contributed by atoms with Crippen molar-refractivity contribution < 1.29 is 9.53 Å². The van der Waals surface area contributed by atoms with Crippen LogP contribution in [0.25, 0.3) is 11.3 Å². The van der Waals surface area contributed by atoms with E-state index in [0.717, 1.165) is 5.56 Å². The number of carbonyl (C=O) groups is 1. The summed E-state index contributed by atoms with van der Waals surface area (Å²) in [6.07, 6.45) is 0. The summed E-state index contributed by atoms with van der Waals surface area (Å²) in [6.45, 7) is 3.72. The number of aryl methyl sites for hydroxylation is 1. The average Bonchev–Trinajstić information content (AvgIpc) is 2.48. The maximum Gasteiger partial charge on any atom is 0.340 e. The molecule has 0 radical (unpaired) electrons. The first-order chi connectivity index (χ1) is 10.1. The van der Waals surface area contributed by atoms with E-state index in [1.54, 1.807) is 38.1 Å². The molecule has 0 fully saturated rings. The highest BCUT2D eigenvalue weighted by Gasteiger charge is 2.16. The third-order valence-electron chi connectivity index (χ3n) is 2.95. The SMILES string of the molecule is CCOC(=O)c1cc(C#N)c(-c2ccc(Cl)cc2)nc1C. The third kappa shape index (κ3) is 3.21. The van der Waals surface area contributed by atoms with Crippen LogP contribution in [0.4, 0.5) is 0 Å². The van der Waals surface area contributed by atoms with Gasteiger partial charge in [0.2, 0.25) is 0 Å². The van der Waals surface area contributed by atoms with Gasteiger partial charge in [0, 0.05) is 10.6 Å². The van der Waals surface area contributed by atoms with Crippen molar-refractivity contribution in [3.8, 4) is 17.3 Å². The average molecular weight is 301 g/mol. The largest absolute Gasteiger partial charge is 0.462 e. The lowest BCUT2D eigenvalue weighted by atomic mass is 10.0. The van der Waals surface area contributed by atoms with Crippen LogP contribution in [0.1, 0.15) is 28.5 Å². The first kappa shape index (κ1) is 15.0. The molecule has 0 aliphatic heterocycles. The molecule has 0 aliphatic rings. The minimum absolute atomic E-state index is 0.277. The van der Waals surface area contributed by atoms with Crippen LogP contribution >= 0.6 is 11.6 Å². The molecule has 0 bridgehead atoms. The van der Waals surface area contributed by atoms with Gasteiger partial charge in [-0.15, -0.1) is 0 Å². The van der Waals surface area contributed by atoms with Gasteiger partial charge in [-0.05, 0) is 32.0 Å². The minimum atomic E-state index is -0.471. The van der Waals surface area contributed by atoms with Gasteiger partial charge in [0.15, 0.2) is 0 Å². The quantitative estimate of drug-likeness (QED) is 0.810. The molecule has 1 heterocycles. The van der Waals surface area contributed by atoms with E-state index < -0.39 is 5.97 Å². The van der Waals surface area contributed by atoms with Gasteiger partial charge in [0.25, 0.3) is 0 Å². The summed E-state index contributed by atoms with van der Waals surface area (Å²) >= 11 is 5.86. The molecular formula is C16H13ClN2O2. The Morgan fingerprint density at radius 3 is 2.62 bits per heavy atom. The molecule has 2 rings (SSSR count). The number of hydrogen-bond acceptors (Lipinski definition) is 4. The van der Waals surface area contributed by atoms with Crippen LogP contribution in [0.2, 0.25) is 5.02 Å². The molecule has 5 heteroatoms. The van der Waals surface area contributed by atoms with E-state index in [1.807, 2.05) is 0 Å². The van der Waals surface area contributed by atoms with Gasteiger partial charge in [-0.2, -0.15) is 5.26 Å². The molecule has 0 saturated heterocycles. The van der Waals surface area contributed by atoms with Gasteiger partial charge in [0.1, 0.15) is 6.07 Å². The van der Waals surface area contributed by atoms with E-state index in [9.17, 15) is 10.1 Å². The highest BCUT2D eigenvalue weighted by molar-refractivity contribution is 6.30. The van der Waals surface area contributed by atoms with Crippen molar-refractivity contribution in [3.63, 3.8) is 0 Å². The van der Waals surface area contributed by atoms with E-state index >= 15 is 0 Å². The number of esters is 1. The van der Waals surface area contributed by atoms with Crippen molar-refractivity contribution in [2.45, 2.75) is 13.8 Å². The number of hydrogen-bond donors (Lipinski definition) is 0. The second kappa shape index (κ2) is 6.38. The van der Waals surface area contributed by atoms with Crippen molar-refractivity contribution in [2.75, 3.05) is 6.61 Å². The zero-order valence-corrected chi connectivity index (χ0v) is 12.4. The molecule has 0 atom stereocenters. The van der Waals surface area contributed by atoms with E-state index in [1.165, 1.54) is 6.07 Å². The van der Waals surface area contributed by atoms with Crippen LogP contribution in [0.3, 0.4) is 0 Å².